The first-order valence-corrected chi connectivity index (χ1v) is 11.5. The Hall–Kier alpha value is -3.53. The smallest absolute Gasteiger partial charge is 0.352 e. The maximum absolute atomic E-state index is 12.8. The third kappa shape index (κ3) is 3.50. The van der Waals surface area contributed by atoms with Gasteiger partial charge >= 0.3 is 5.97 Å². The molecule has 3 aliphatic rings. The number of nitrogens with zero attached hydrogens (tertiary/aromatic N) is 5. The summed E-state index contributed by atoms with van der Waals surface area (Å²) in [6.07, 6.45) is 8.30. The zero-order valence-electron chi connectivity index (χ0n) is 18.1. The van der Waals surface area contributed by atoms with Crippen LogP contribution in [0.1, 0.15) is 59.0 Å². The number of aromatic carboxylic acids is 1. The number of fused-ring (bicyclic) bond motifs is 3. The second kappa shape index (κ2) is 7.80. The molecule has 0 spiro atoms. The van der Waals surface area contributed by atoms with Gasteiger partial charge in [-0.3, -0.25) is 4.79 Å². The van der Waals surface area contributed by atoms with Crippen molar-refractivity contribution in [2.45, 2.75) is 50.2 Å². The number of carbonyl (C=O) groups is 2. The first kappa shape index (κ1) is 20.1. The summed E-state index contributed by atoms with van der Waals surface area (Å²) in [6, 6.07) is 5.96. The highest BCUT2D eigenvalue weighted by Crippen LogP contribution is 2.34. The standard InChI is InChI=1S/C23H25N7O3/c31-21(29-12-15-8-17(29)11-24-15)13-5-6-19(25-9-13)27-23-26-10-14-7-18(22(32)33)30(20(14)28-23)16-3-1-2-4-16/h5-7,9-10,15-17,24H,1-4,8,11-12H2,(H,32,33)(H,25,26,27,28)/t15-,17-/m0/s1. The predicted molar refractivity (Wildman–Crippen MR) is 121 cm³/mol. The Morgan fingerprint density at radius 3 is 2.64 bits per heavy atom. The van der Waals surface area contributed by atoms with E-state index in [0.717, 1.165) is 45.2 Å². The average Bonchev–Trinajstić information content (AvgIpc) is 3.62. The van der Waals surface area contributed by atoms with Gasteiger partial charge in [0.1, 0.15) is 17.2 Å². The van der Waals surface area contributed by atoms with Gasteiger partial charge in [-0.1, -0.05) is 12.8 Å². The molecule has 1 amide bonds. The minimum atomic E-state index is -0.960. The van der Waals surface area contributed by atoms with E-state index in [1.54, 1.807) is 30.6 Å². The number of hydrogen-bond acceptors (Lipinski definition) is 7. The first-order chi connectivity index (χ1) is 16.1. The number of piperazine rings is 1. The fourth-order valence-corrected chi connectivity index (χ4v) is 5.45. The van der Waals surface area contributed by atoms with Crippen LogP contribution < -0.4 is 10.6 Å². The summed E-state index contributed by atoms with van der Waals surface area (Å²) in [5, 5.41) is 16.9. The quantitative estimate of drug-likeness (QED) is 0.545. The molecule has 3 N–H and O–H groups in total. The van der Waals surface area contributed by atoms with Crippen LogP contribution in [-0.2, 0) is 0 Å². The van der Waals surface area contributed by atoms with Crippen molar-refractivity contribution in [2.75, 3.05) is 18.4 Å². The number of carboxylic acid groups (broad SMARTS) is 1. The molecule has 3 aromatic rings. The van der Waals surface area contributed by atoms with Crippen LogP contribution in [0.5, 0.6) is 0 Å². The fourth-order valence-electron chi connectivity index (χ4n) is 5.45. The third-order valence-corrected chi connectivity index (χ3v) is 7.05. The molecule has 5 heterocycles. The summed E-state index contributed by atoms with van der Waals surface area (Å²) in [6.45, 7) is 1.60. The minimum absolute atomic E-state index is 0.0105. The lowest BCUT2D eigenvalue weighted by Crippen LogP contribution is -2.46. The predicted octanol–water partition coefficient (Wildman–Crippen LogP) is 2.57. The molecule has 2 aliphatic heterocycles. The molecule has 170 valence electrons. The van der Waals surface area contributed by atoms with E-state index in [0.29, 0.717) is 34.4 Å². The van der Waals surface area contributed by atoms with E-state index < -0.39 is 5.97 Å². The number of rotatable bonds is 5. The summed E-state index contributed by atoms with van der Waals surface area (Å²) >= 11 is 0. The van der Waals surface area contributed by atoms with Crippen LogP contribution >= 0.6 is 0 Å². The Labute approximate surface area is 190 Å². The Bertz CT molecular complexity index is 1230. The Balaban J connectivity index is 1.24. The van der Waals surface area contributed by atoms with E-state index in [2.05, 4.69) is 25.6 Å². The van der Waals surface area contributed by atoms with Crippen LogP contribution in [0, 0.1) is 0 Å². The molecule has 2 bridgehead atoms. The highest BCUT2D eigenvalue weighted by molar-refractivity contribution is 5.95. The number of hydrogen-bond donors (Lipinski definition) is 3. The van der Waals surface area contributed by atoms with Gasteiger partial charge in [0, 0.05) is 49.0 Å². The summed E-state index contributed by atoms with van der Waals surface area (Å²) in [4.78, 5) is 39.9. The monoisotopic (exact) mass is 447 g/mol. The van der Waals surface area contributed by atoms with Crippen LogP contribution in [0.3, 0.4) is 0 Å². The molecule has 0 radical (unpaired) electrons. The van der Waals surface area contributed by atoms with Crippen LogP contribution in [0.25, 0.3) is 11.0 Å². The van der Waals surface area contributed by atoms with Crippen molar-refractivity contribution in [1.82, 2.24) is 29.7 Å². The van der Waals surface area contributed by atoms with E-state index in [1.165, 1.54) is 0 Å². The third-order valence-electron chi connectivity index (χ3n) is 7.05. The van der Waals surface area contributed by atoms with Gasteiger partial charge in [-0.15, -0.1) is 0 Å². The molecule has 10 heteroatoms. The highest BCUT2D eigenvalue weighted by atomic mass is 16.4. The number of aromatic nitrogens is 4. The van der Waals surface area contributed by atoms with Gasteiger partial charge in [-0.2, -0.15) is 4.98 Å². The molecule has 0 aromatic carbocycles. The molecule has 3 aromatic heterocycles. The van der Waals surface area contributed by atoms with Gasteiger partial charge in [0.25, 0.3) is 5.91 Å². The number of anilines is 2. The Morgan fingerprint density at radius 1 is 1.12 bits per heavy atom. The van der Waals surface area contributed by atoms with Crippen molar-refractivity contribution in [2.24, 2.45) is 0 Å². The average molecular weight is 447 g/mol. The number of likely N-dealkylation sites (tertiary alicyclic amines) is 1. The molecule has 1 saturated carbocycles. The number of carboxylic acids is 1. The van der Waals surface area contributed by atoms with Crippen LogP contribution in [0.4, 0.5) is 11.8 Å². The van der Waals surface area contributed by atoms with Crippen LogP contribution in [0.2, 0.25) is 0 Å². The molecule has 33 heavy (non-hydrogen) atoms. The lowest BCUT2D eigenvalue weighted by Gasteiger charge is -2.27. The Morgan fingerprint density at radius 2 is 1.97 bits per heavy atom. The summed E-state index contributed by atoms with van der Waals surface area (Å²) in [7, 11) is 0. The van der Waals surface area contributed by atoms with Crippen molar-refractivity contribution in [1.29, 1.82) is 0 Å². The van der Waals surface area contributed by atoms with Crippen molar-refractivity contribution in [3.05, 3.63) is 41.9 Å². The van der Waals surface area contributed by atoms with Crippen molar-refractivity contribution in [3.63, 3.8) is 0 Å². The SMILES string of the molecule is O=C(O)c1cc2cnc(Nc3ccc(C(=O)N4C[C@@H]5C[C@H]4CN5)cn3)nc2n1C1CCCC1. The molecule has 2 saturated heterocycles. The molecule has 3 fully saturated rings. The maximum Gasteiger partial charge on any atom is 0.352 e. The minimum Gasteiger partial charge on any atom is -0.477 e. The summed E-state index contributed by atoms with van der Waals surface area (Å²) in [5.41, 5.74) is 1.42. The molecule has 0 unspecified atom stereocenters. The normalized spacial score (nSPS) is 22.4. The van der Waals surface area contributed by atoms with E-state index in [-0.39, 0.29) is 23.7 Å². The molecule has 10 nitrogen and oxygen atoms in total. The van der Waals surface area contributed by atoms with E-state index in [1.807, 2.05) is 9.47 Å². The molecular formula is C23H25N7O3. The van der Waals surface area contributed by atoms with E-state index >= 15 is 0 Å². The largest absolute Gasteiger partial charge is 0.477 e. The molecule has 2 atom stereocenters. The zero-order valence-corrected chi connectivity index (χ0v) is 18.1. The lowest BCUT2D eigenvalue weighted by molar-refractivity contribution is 0.0681. The topological polar surface area (TPSA) is 125 Å². The number of pyridine rings is 1. The number of amides is 1. The maximum atomic E-state index is 12.8. The van der Waals surface area contributed by atoms with Crippen LogP contribution in [-0.4, -0.2) is 66.6 Å². The molecule has 1 aliphatic carbocycles. The number of nitrogens with one attached hydrogen (secondary N) is 2. The van der Waals surface area contributed by atoms with Crippen molar-refractivity contribution < 1.29 is 14.7 Å². The van der Waals surface area contributed by atoms with E-state index in [9.17, 15) is 14.7 Å². The van der Waals surface area contributed by atoms with Crippen molar-refractivity contribution in [3.8, 4) is 0 Å². The highest BCUT2D eigenvalue weighted by Gasteiger charge is 2.40. The fraction of sp³-hybridized carbons (Fsp3) is 0.435. The second-order valence-electron chi connectivity index (χ2n) is 9.12. The zero-order chi connectivity index (χ0) is 22.5. The Kier molecular flexibility index (Phi) is 4.75. The van der Waals surface area contributed by atoms with Gasteiger partial charge in [0.2, 0.25) is 5.95 Å². The van der Waals surface area contributed by atoms with Gasteiger partial charge in [-0.05, 0) is 37.5 Å². The molecule has 6 rings (SSSR count). The van der Waals surface area contributed by atoms with Gasteiger partial charge in [0.15, 0.2) is 0 Å². The van der Waals surface area contributed by atoms with E-state index in [4.69, 9.17) is 0 Å². The van der Waals surface area contributed by atoms with Gasteiger partial charge in [0.05, 0.1) is 5.56 Å². The molecular weight excluding hydrogens is 422 g/mol. The van der Waals surface area contributed by atoms with Gasteiger partial charge in [-0.25, -0.2) is 14.8 Å². The lowest BCUT2D eigenvalue weighted by atomic mass is 10.2. The summed E-state index contributed by atoms with van der Waals surface area (Å²) in [5.74, 6) is -0.0890. The summed E-state index contributed by atoms with van der Waals surface area (Å²) < 4.78 is 1.84. The van der Waals surface area contributed by atoms with Crippen LogP contribution in [0.15, 0.2) is 30.6 Å². The first-order valence-electron chi connectivity index (χ1n) is 11.5. The second-order valence-corrected chi connectivity index (χ2v) is 9.12. The number of carbonyl (C=O) groups excluding carboxylic acids is 1. The van der Waals surface area contributed by atoms with Crippen molar-refractivity contribution >= 4 is 34.7 Å². The van der Waals surface area contributed by atoms with Gasteiger partial charge < -0.3 is 25.2 Å².